The molecule has 0 aliphatic heterocycles. The van der Waals surface area contributed by atoms with Crippen LogP contribution in [0, 0.1) is 0 Å². The Bertz CT molecular complexity index is 4010. The number of hydrogen-bond acceptors (Lipinski definition) is 0. The maximum absolute atomic E-state index is 2.53. The average molecular weight is 825 g/mol. The van der Waals surface area contributed by atoms with Crippen LogP contribution in [-0.4, -0.2) is 9.13 Å². The van der Waals surface area contributed by atoms with Gasteiger partial charge >= 0.3 is 0 Å². The molecule has 2 aromatic heterocycles. The summed E-state index contributed by atoms with van der Waals surface area (Å²) in [5.74, 6) is 0. The predicted octanol–water partition coefficient (Wildman–Crippen LogP) is 16.2. The van der Waals surface area contributed by atoms with Crippen LogP contribution in [0.5, 0.6) is 0 Å². The van der Waals surface area contributed by atoms with Gasteiger partial charge in [-0.25, -0.2) is 0 Å². The molecule has 2 nitrogen and oxygen atoms in total. The first-order valence-electron chi connectivity index (χ1n) is 22.6. The first-order valence-corrected chi connectivity index (χ1v) is 22.6. The normalized spacial score (nSPS) is 13.0. The monoisotopic (exact) mass is 824 g/mol. The molecule has 0 saturated carbocycles. The highest BCUT2D eigenvalue weighted by Crippen LogP contribution is 2.59. The Balaban J connectivity index is 1.08. The third-order valence-electron chi connectivity index (χ3n) is 14.3. The minimum Gasteiger partial charge on any atom is -0.309 e. The van der Waals surface area contributed by atoms with Crippen LogP contribution in [0.15, 0.2) is 243 Å². The molecule has 13 aromatic rings. The fourth-order valence-electron chi connectivity index (χ4n) is 11.6. The maximum atomic E-state index is 2.53. The molecule has 0 amide bonds. The second-order valence-corrected chi connectivity index (χ2v) is 17.6. The van der Waals surface area contributed by atoms with Gasteiger partial charge in [-0.3, -0.25) is 0 Å². The molecule has 65 heavy (non-hydrogen) atoms. The first-order chi connectivity index (χ1) is 32.3. The molecule has 1 aliphatic rings. The summed E-state index contributed by atoms with van der Waals surface area (Å²) in [6.45, 7) is 0. The van der Waals surface area contributed by atoms with Crippen molar-refractivity contribution in [1.29, 1.82) is 0 Å². The Morgan fingerprint density at radius 1 is 0.308 bits per heavy atom. The van der Waals surface area contributed by atoms with E-state index >= 15 is 0 Å². The molecule has 14 rings (SSSR count). The summed E-state index contributed by atoms with van der Waals surface area (Å²) in [4.78, 5) is 0. The number of hydrogen-bond donors (Lipinski definition) is 0. The lowest BCUT2D eigenvalue weighted by atomic mass is 9.67. The van der Waals surface area contributed by atoms with E-state index in [0.717, 1.165) is 0 Å². The summed E-state index contributed by atoms with van der Waals surface area (Å²) in [5.41, 5.74) is 16.7. The van der Waals surface area contributed by atoms with Gasteiger partial charge in [0.1, 0.15) is 0 Å². The van der Waals surface area contributed by atoms with Gasteiger partial charge in [0.05, 0.1) is 33.2 Å². The van der Waals surface area contributed by atoms with Crippen LogP contribution >= 0.6 is 0 Å². The fraction of sp³-hybridized carbons (Fsp3) is 0.0159. The van der Waals surface area contributed by atoms with Crippen LogP contribution in [0.4, 0.5) is 0 Å². The van der Waals surface area contributed by atoms with Crippen molar-refractivity contribution in [2.24, 2.45) is 0 Å². The molecule has 2 heterocycles. The van der Waals surface area contributed by atoms with Gasteiger partial charge in [0.25, 0.3) is 0 Å². The van der Waals surface area contributed by atoms with Crippen molar-refractivity contribution < 1.29 is 0 Å². The summed E-state index contributed by atoms with van der Waals surface area (Å²) >= 11 is 0. The average Bonchev–Trinajstić information content (AvgIpc) is 4.00. The summed E-state index contributed by atoms with van der Waals surface area (Å²) in [6, 6.07) is 90.3. The van der Waals surface area contributed by atoms with Crippen molar-refractivity contribution in [1.82, 2.24) is 9.13 Å². The van der Waals surface area contributed by atoms with E-state index in [0.29, 0.717) is 0 Å². The van der Waals surface area contributed by atoms with E-state index in [-0.39, 0.29) is 0 Å². The fourth-order valence-corrected chi connectivity index (χ4v) is 11.6. The van der Waals surface area contributed by atoms with E-state index < -0.39 is 5.41 Å². The highest BCUT2D eigenvalue weighted by molar-refractivity contribution is 6.17. The molecule has 0 radical (unpaired) electrons. The lowest BCUT2D eigenvalue weighted by molar-refractivity contribution is 0.776. The van der Waals surface area contributed by atoms with Crippen LogP contribution in [-0.2, 0) is 5.41 Å². The lowest BCUT2D eigenvalue weighted by Crippen LogP contribution is -2.28. The molecule has 2 heteroatoms. The molecule has 0 atom stereocenters. The Morgan fingerprint density at radius 3 is 1.68 bits per heavy atom. The minimum atomic E-state index is -0.564. The van der Waals surface area contributed by atoms with Crippen LogP contribution in [0.3, 0.4) is 0 Å². The van der Waals surface area contributed by atoms with Crippen LogP contribution in [0.1, 0.15) is 22.3 Å². The summed E-state index contributed by atoms with van der Waals surface area (Å²) in [6.07, 6.45) is 0. The third kappa shape index (κ3) is 5.05. The lowest BCUT2D eigenvalue weighted by Gasteiger charge is -2.34. The van der Waals surface area contributed by atoms with Gasteiger partial charge in [0.15, 0.2) is 0 Å². The summed E-state index contributed by atoms with van der Waals surface area (Å²) in [7, 11) is 0. The second kappa shape index (κ2) is 13.8. The zero-order valence-corrected chi connectivity index (χ0v) is 35.5. The number of fused-ring (bicyclic) bond motifs is 12. The van der Waals surface area contributed by atoms with E-state index in [1.165, 1.54) is 121 Å². The van der Waals surface area contributed by atoms with Gasteiger partial charge in [-0.15, -0.1) is 0 Å². The van der Waals surface area contributed by atoms with E-state index in [1.807, 2.05) is 0 Å². The number of para-hydroxylation sites is 1. The molecule has 0 unspecified atom stereocenters. The molecular formula is C63H40N2. The summed E-state index contributed by atoms with van der Waals surface area (Å²) in [5, 5.41) is 9.95. The molecule has 0 saturated heterocycles. The van der Waals surface area contributed by atoms with Gasteiger partial charge in [-0.2, -0.15) is 0 Å². The molecule has 1 aliphatic carbocycles. The van der Waals surface area contributed by atoms with Crippen molar-refractivity contribution in [2.45, 2.75) is 5.41 Å². The highest BCUT2D eigenvalue weighted by atomic mass is 15.0. The highest BCUT2D eigenvalue weighted by Gasteiger charge is 2.47. The van der Waals surface area contributed by atoms with Gasteiger partial charge in [-0.1, -0.05) is 188 Å². The van der Waals surface area contributed by atoms with Crippen molar-refractivity contribution in [3.05, 3.63) is 265 Å². The second-order valence-electron chi connectivity index (χ2n) is 17.6. The van der Waals surface area contributed by atoms with Crippen molar-refractivity contribution in [3.8, 4) is 33.6 Å². The molecule has 302 valence electrons. The predicted molar refractivity (Wildman–Crippen MR) is 273 cm³/mol. The Labute approximate surface area is 376 Å². The number of benzene rings is 11. The smallest absolute Gasteiger partial charge is 0.0720 e. The largest absolute Gasteiger partial charge is 0.309 e. The van der Waals surface area contributed by atoms with Gasteiger partial charge in [-0.05, 0) is 115 Å². The van der Waals surface area contributed by atoms with Crippen LogP contribution in [0.2, 0.25) is 0 Å². The van der Waals surface area contributed by atoms with Gasteiger partial charge < -0.3 is 9.13 Å². The van der Waals surface area contributed by atoms with E-state index in [4.69, 9.17) is 0 Å². The van der Waals surface area contributed by atoms with Crippen molar-refractivity contribution >= 4 is 65.2 Å². The molecule has 0 fully saturated rings. The number of aromatic nitrogens is 2. The van der Waals surface area contributed by atoms with Gasteiger partial charge in [0.2, 0.25) is 0 Å². The first kappa shape index (κ1) is 36.1. The quantitative estimate of drug-likeness (QED) is 0.164. The van der Waals surface area contributed by atoms with Crippen LogP contribution < -0.4 is 0 Å². The van der Waals surface area contributed by atoms with E-state index in [1.54, 1.807) is 0 Å². The Hall–Kier alpha value is -8.46. The van der Waals surface area contributed by atoms with Gasteiger partial charge in [0, 0.05) is 32.6 Å². The maximum Gasteiger partial charge on any atom is 0.0720 e. The summed E-state index contributed by atoms with van der Waals surface area (Å²) < 4.78 is 4.96. The number of rotatable bonds is 5. The Kier molecular flexibility index (Phi) is 7.64. The topological polar surface area (TPSA) is 9.86 Å². The minimum absolute atomic E-state index is 0.564. The number of nitrogens with zero attached hydrogens (tertiary/aromatic N) is 2. The van der Waals surface area contributed by atoms with Crippen molar-refractivity contribution in [2.75, 3.05) is 0 Å². The van der Waals surface area contributed by atoms with Crippen LogP contribution in [0.25, 0.3) is 98.8 Å². The molecule has 0 bridgehead atoms. The zero-order chi connectivity index (χ0) is 42.6. The molecular weight excluding hydrogens is 785 g/mol. The zero-order valence-electron chi connectivity index (χ0n) is 35.5. The molecule has 0 spiro atoms. The van der Waals surface area contributed by atoms with E-state index in [2.05, 4.69) is 252 Å². The SMILES string of the molecule is c1ccc(C2(c3ccccc3)c3ccccc3-c3ccc4c(c32)c2cc(-c3ccc5c(c3)c3ccccc3n5-c3ccc5ccccc5c3)ccc2n4-c2cccc3ccccc23)cc1. The molecule has 0 N–H and O–H groups in total. The Morgan fingerprint density at radius 2 is 0.892 bits per heavy atom. The third-order valence-corrected chi connectivity index (χ3v) is 14.3. The van der Waals surface area contributed by atoms with E-state index in [9.17, 15) is 0 Å². The standard InChI is InChI=1S/C63H40N2/c1-3-20-46(21-4-1)63(47-22-5-2-6-23-47)55-27-13-11-25-50(55)52-34-37-60-61(62(52)63)54-40-45(32-36-59(54)65(60)56-29-15-19-42-17-9-10-24-49(42)56)44-31-35-58-53(39-44)51-26-12-14-28-57(51)64(58)48-33-30-41-16-7-8-18-43(41)38-48/h1-40H. The van der Waals surface area contributed by atoms with Crippen molar-refractivity contribution in [3.63, 3.8) is 0 Å². The molecule has 11 aromatic carbocycles.